The smallest absolute Gasteiger partial charge is 0.318 e. The van der Waals surface area contributed by atoms with Gasteiger partial charge in [0.2, 0.25) is 0 Å². The molecule has 0 aliphatic carbocycles. The van der Waals surface area contributed by atoms with Gasteiger partial charge in [-0.3, -0.25) is 0 Å². The van der Waals surface area contributed by atoms with Crippen molar-refractivity contribution in [1.82, 2.24) is 0 Å². The Hall–Kier alpha value is -2.93. The molecular weight excluding hydrogens is 461 g/mol. The third-order valence-electron chi connectivity index (χ3n) is 6.91. The van der Waals surface area contributed by atoms with E-state index in [1.54, 1.807) is 5.19 Å². The molecule has 0 bridgehead atoms. The number of hydrogen-bond acceptors (Lipinski definition) is 1. The third-order valence-corrected chi connectivity index (χ3v) is 23.3. The molecule has 167 valence electrons. The Morgan fingerprint density at radius 1 is 0.588 bits per heavy atom. The van der Waals surface area contributed by atoms with E-state index in [2.05, 4.69) is 130 Å². The fourth-order valence-corrected chi connectivity index (χ4v) is 23.2. The molecule has 34 heavy (non-hydrogen) atoms. The molecule has 5 rings (SSSR count). The molecule has 1 radical (unpaired) electrons. The van der Waals surface area contributed by atoms with Gasteiger partial charge in [-0.1, -0.05) is 97.1 Å². The Kier molecular flexibility index (Phi) is 6.55. The van der Waals surface area contributed by atoms with E-state index >= 15 is 0 Å². The lowest BCUT2D eigenvalue weighted by molar-refractivity contribution is 0.553. The molecule has 0 amide bonds. The van der Waals surface area contributed by atoms with Crippen LogP contribution in [0.15, 0.2) is 103 Å². The van der Waals surface area contributed by atoms with Crippen molar-refractivity contribution in [3.05, 3.63) is 131 Å². The Morgan fingerprint density at radius 2 is 1.15 bits per heavy atom. The zero-order valence-electron chi connectivity index (χ0n) is 20.2. The van der Waals surface area contributed by atoms with Gasteiger partial charge >= 0.3 is 8.56 Å². The fraction of sp³-hybridized carbons (Fsp3) is 0.133. The first-order valence-corrected chi connectivity index (χ1v) is 18.3. The molecule has 0 atom stereocenters. The average Bonchev–Trinajstić information content (AvgIpc) is 2.90. The summed E-state index contributed by atoms with van der Waals surface area (Å²) in [6, 6.07) is 35.4. The largest absolute Gasteiger partial charge is 0.537 e. The summed E-state index contributed by atoms with van der Waals surface area (Å²) in [5.41, 5.74) is 9.46. The summed E-state index contributed by atoms with van der Waals surface area (Å²) in [5, 5.41) is 4.45. The normalized spacial score (nSPS) is 14.1. The molecule has 1 aliphatic rings. The highest BCUT2D eigenvalue weighted by Gasteiger charge is 2.34. The van der Waals surface area contributed by atoms with E-state index in [4.69, 9.17) is 4.43 Å². The summed E-state index contributed by atoms with van der Waals surface area (Å²) >= 11 is 0. The van der Waals surface area contributed by atoms with Crippen molar-refractivity contribution in [3.8, 4) is 0 Å². The lowest BCUT2D eigenvalue weighted by atomic mass is 10.00. The van der Waals surface area contributed by atoms with Gasteiger partial charge in [0.05, 0.1) is 15.3 Å². The molecule has 0 saturated carbocycles. The number of rotatable bonds is 4. The van der Waals surface area contributed by atoms with Crippen molar-refractivity contribution < 1.29 is 4.43 Å². The van der Waals surface area contributed by atoms with Crippen LogP contribution in [0.25, 0.3) is 5.76 Å². The minimum absolute atomic E-state index is 1.01. The van der Waals surface area contributed by atoms with Crippen LogP contribution in [0.2, 0.25) is 0 Å². The van der Waals surface area contributed by atoms with Gasteiger partial charge in [0.1, 0.15) is 5.76 Å². The minimum Gasteiger partial charge on any atom is -0.537 e. The molecule has 0 fully saturated rings. The van der Waals surface area contributed by atoms with E-state index in [1.807, 2.05) is 0 Å². The topological polar surface area (TPSA) is 9.23 Å². The van der Waals surface area contributed by atoms with Gasteiger partial charge in [0, 0.05) is 5.56 Å². The van der Waals surface area contributed by atoms with Crippen LogP contribution in [0.4, 0.5) is 0 Å². The first kappa shape index (κ1) is 22.8. The Labute approximate surface area is 207 Å². The summed E-state index contributed by atoms with van der Waals surface area (Å²) < 4.78 is 7.04. The predicted molar refractivity (Wildman–Crippen MR) is 150 cm³/mol. The van der Waals surface area contributed by atoms with Crippen molar-refractivity contribution in [1.29, 1.82) is 0 Å². The van der Waals surface area contributed by atoms with E-state index in [9.17, 15) is 0 Å². The molecule has 1 heterocycles. The second-order valence-electron chi connectivity index (χ2n) is 8.94. The third kappa shape index (κ3) is 4.29. The molecule has 4 aromatic rings. The molecule has 1 nitrogen and oxygen atoms in total. The van der Waals surface area contributed by atoms with Crippen LogP contribution in [0.1, 0.15) is 27.8 Å². The lowest BCUT2D eigenvalue weighted by Gasteiger charge is -2.29. The molecule has 0 unspecified atom stereocenters. The van der Waals surface area contributed by atoms with Crippen molar-refractivity contribution in [2.24, 2.45) is 0 Å². The second-order valence-corrected chi connectivity index (χ2v) is 20.8. The maximum atomic E-state index is 7.04. The second kappa shape index (κ2) is 9.74. The van der Waals surface area contributed by atoms with Crippen LogP contribution in [-0.4, -0.2) is 23.9 Å². The van der Waals surface area contributed by atoms with Crippen LogP contribution in [0, 0.1) is 27.7 Å². The molecule has 4 aromatic carbocycles. The zero-order chi connectivity index (χ0) is 23.7. The predicted octanol–water partition coefficient (Wildman–Crippen LogP) is 4.69. The maximum absolute atomic E-state index is 7.04. The highest BCUT2D eigenvalue weighted by atomic mass is 29.4. The quantitative estimate of drug-likeness (QED) is 0.378. The van der Waals surface area contributed by atoms with Gasteiger partial charge in [-0.05, 0) is 71.2 Å². The van der Waals surface area contributed by atoms with Crippen molar-refractivity contribution in [3.63, 3.8) is 0 Å². The molecule has 4 heteroatoms. The van der Waals surface area contributed by atoms with Gasteiger partial charge < -0.3 is 4.43 Å². The number of aryl methyl sites for hydroxylation is 1. The monoisotopic (exact) mass is 489 g/mol. The summed E-state index contributed by atoms with van der Waals surface area (Å²) in [6.45, 7) is 9.16. The Balaban J connectivity index is 1.86. The van der Waals surface area contributed by atoms with Crippen molar-refractivity contribution >= 4 is 45.2 Å². The summed E-state index contributed by atoms with van der Waals surface area (Å²) in [6.07, 6.45) is 0. The molecule has 1 aliphatic heterocycles. The summed E-state index contributed by atoms with van der Waals surface area (Å²) in [5.74, 6) is 1.08. The average molecular weight is 490 g/mol. The van der Waals surface area contributed by atoms with Gasteiger partial charge in [0.15, 0.2) is 0 Å². The highest BCUT2D eigenvalue weighted by Crippen LogP contribution is 2.22. The van der Waals surface area contributed by atoms with Gasteiger partial charge in [0.25, 0.3) is 0 Å². The van der Waals surface area contributed by atoms with E-state index < -0.39 is 23.9 Å². The first-order valence-electron chi connectivity index (χ1n) is 11.8. The van der Waals surface area contributed by atoms with E-state index in [0.29, 0.717) is 0 Å². The standard InChI is InChI=1S/C30H29OSi3/c1-22-20-30(25(4)24(3)23(22)2)32-21-29(26-14-8-5-9-15-26)31-33(27-16-10-6-11-17-27)34(32)28-18-12-7-13-19-28/h5-21H,1-4H3. The van der Waals surface area contributed by atoms with Gasteiger partial charge in [-0.15, -0.1) is 0 Å². The summed E-state index contributed by atoms with van der Waals surface area (Å²) in [4.78, 5) is 0. The summed E-state index contributed by atoms with van der Waals surface area (Å²) in [7, 11) is -3.33. The maximum Gasteiger partial charge on any atom is 0.318 e. The molecule has 0 N–H and O–H groups in total. The van der Waals surface area contributed by atoms with Crippen LogP contribution in [0.5, 0.6) is 0 Å². The lowest BCUT2D eigenvalue weighted by Crippen LogP contribution is -2.57. The number of hydrogen-bond donors (Lipinski definition) is 0. The highest BCUT2D eigenvalue weighted by molar-refractivity contribution is 7.42. The van der Waals surface area contributed by atoms with Crippen LogP contribution in [0.3, 0.4) is 0 Å². The molecule has 0 spiro atoms. The Morgan fingerprint density at radius 3 is 1.76 bits per heavy atom. The fourth-order valence-electron chi connectivity index (χ4n) is 4.65. The van der Waals surface area contributed by atoms with Crippen LogP contribution < -0.4 is 15.6 Å². The minimum atomic E-state index is -1.28. The van der Waals surface area contributed by atoms with E-state index in [0.717, 1.165) is 5.76 Å². The van der Waals surface area contributed by atoms with E-state index in [1.165, 1.54) is 38.2 Å². The molecule has 0 aromatic heterocycles. The van der Waals surface area contributed by atoms with E-state index in [-0.39, 0.29) is 0 Å². The van der Waals surface area contributed by atoms with Gasteiger partial charge in [-0.2, -0.15) is 0 Å². The Bertz CT molecular complexity index is 1390. The first-order chi connectivity index (χ1) is 16.5. The number of benzene rings is 4. The van der Waals surface area contributed by atoms with Crippen molar-refractivity contribution in [2.75, 3.05) is 0 Å². The molecular formula is C30H29OSi3. The van der Waals surface area contributed by atoms with Gasteiger partial charge in [-0.25, -0.2) is 0 Å². The van der Waals surface area contributed by atoms with Crippen molar-refractivity contribution in [2.45, 2.75) is 27.7 Å². The van der Waals surface area contributed by atoms with Crippen LogP contribution >= 0.6 is 0 Å². The van der Waals surface area contributed by atoms with Crippen LogP contribution in [-0.2, 0) is 4.43 Å². The molecule has 0 saturated heterocycles. The SMILES string of the molecule is Cc1cc([Si]2=[Si](c3ccccc3)[Si](c3ccccc3)OC(c3ccccc3)=C2)c(C)c(C)c1C. The zero-order valence-corrected chi connectivity index (χ0v) is 23.2.